The highest BCUT2D eigenvalue weighted by atomic mass is 16.5. The highest BCUT2D eigenvalue weighted by Gasteiger charge is 2.45. The molecular formula is C14H28N2O3. The van der Waals surface area contributed by atoms with Crippen LogP contribution < -0.4 is 5.32 Å². The normalized spacial score (nSPS) is 27.1. The van der Waals surface area contributed by atoms with Crippen LogP contribution in [0.5, 0.6) is 0 Å². The summed E-state index contributed by atoms with van der Waals surface area (Å²) < 4.78 is 5.05. The van der Waals surface area contributed by atoms with Crippen molar-refractivity contribution in [3.8, 4) is 0 Å². The molecule has 0 aromatic carbocycles. The van der Waals surface area contributed by atoms with Gasteiger partial charge in [0.15, 0.2) is 0 Å². The predicted molar refractivity (Wildman–Crippen MR) is 75.4 cm³/mol. The van der Waals surface area contributed by atoms with Crippen LogP contribution in [0.4, 0.5) is 0 Å². The van der Waals surface area contributed by atoms with E-state index in [1.165, 1.54) is 0 Å². The molecule has 2 N–H and O–H groups in total. The summed E-state index contributed by atoms with van der Waals surface area (Å²) in [6, 6.07) is 0.359. The fourth-order valence-electron chi connectivity index (χ4n) is 2.83. The average Bonchev–Trinajstić information content (AvgIpc) is 2.82. The van der Waals surface area contributed by atoms with Crippen LogP contribution in [0.1, 0.15) is 39.0 Å². The Morgan fingerprint density at radius 3 is 2.89 bits per heavy atom. The Kier molecular flexibility index (Phi) is 6.75. The first kappa shape index (κ1) is 16.4. The molecule has 0 amide bonds. The predicted octanol–water partition coefficient (Wildman–Crippen LogP) is 1.33. The molecule has 2 unspecified atom stereocenters. The lowest BCUT2D eigenvalue weighted by Crippen LogP contribution is -2.51. The fourth-order valence-corrected chi connectivity index (χ4v) is 2.83. The van der Waals surface area contributed by atoms with E-state index in [2.05, 4.69) is 24.2 Å². The van der Waals surface area contributed by atoms with Crippen LogP contribution in [0.3, 0.4) is 0 Å². The fraction of sp³-hybridized carbons (Fsp3) is 0.929. The average molecular weight is 272 g/mol. The minimum Gasteiger partial charge on any atom is -0.480 e. The van der Waals surface area contributed by atoms with E-state index < -0.39 is 11.5 Å². The van der Waals surface area contributed by atoms with Crippen LogP contribution in [0.15, 0.2) is 0 Å². The highest BCUT2D eigenvalue weighted by molar-refractivity contribution is 5.79. The minimum absolute atomic E-state index is 0.359. The van der Waals surface area contributed by atoms with Crippen molar-refractivity contribution in [1.29, 1.82) is 0 Å². The van der Waals surface area contributed by atoms with Crippen molar-refractivity contribution in [3.63, 3.8) is 0 Å². The molecule has 0 spiro atoms. The second-order valence-electron chi connectivity index (χ2n) is 5.54. The Hall–Kier alpha value is -0.650. The van der Waals surface area contributed by atoms with Crippen LogP contribution in [-0.4, -0.2) is 61.4 Å². The van der Waals surface area contributed by atoms with E-state index in [0.717, 1.165) is 45.4 Å². The maximum atomic E-state index is 11.6. The van der Waals surface area contributed by atoms with Gasteiger partial charge >= 0.3 is 5.97 Å². The number of carboxylic acids is 1. The zero-order chi connectivity index (χ0) is 14.3. The van der Waals surface area contributed by atoms with E-state index >= 15 is 0 Å². The van der Waals surface area contributed by atoms with Gasteiger partial charge in [0.2, 0.25) is 0 Å². The third kappa shape index (κ3) is 4.44. The van der Waals surface area contributed by atoms with E-state index in [1.807, 2.05) is 0 Å². The number of nitrogens with zero attached hydrogens (tertiary/aromatic N) is 1. The lowest BCUT2D eigenvalue weighted by atomic mass is 9.97. The number of ether oxygens (including phenoxy) is 1. The van der Waals surface area contributed by atoms with Crippen LogP contribution in [0, 0.1) is 0 Å². The molecule has 0 bridgehead atoms. The summed E-state index contributed by atoms with van der Waals surface area (Å²) in [5, 5.41) is 12.7. The zero-order valence-corrected chi connectivity index (χ0v) is 12.4. The molecule has 112 valence electrons. The minimum atomic E-state index is -0.712. The summed E-state index contributed by atoms with van der Waals surface area (Å²) in [5.41, 5.74) is -0.712. The summed E-state index contributed by atoms with van der Waals surface area (Å²) in [5.74, 6) is -0.700. The van der Waals surface area contributed by atoms with E-state index in [9.17, 15) is 9.90 Å². The molecule has 1 saturated carbocycles. The van der Waals surface area contributed by atoms with E-state index in [1.54, 1.807) is 7.11 Å². The molecule has 0 aliphatic heterocycles. The summed E-state index contributed by atoms with van der Waals surface area (Å²) in [4.78, 5) is 13.8. The van der Waals surface area contributed by atoms with Gasteiger partial charge in [-0.25, -0.2) is 0 Å². The highest BCUT2D eigenvalue weighted by Crippen LogP contribution is 2.33. The molecule has 1 fully saturated rings. The molecular weight excluding hydrogens is 244 g/mol. The van der Waals surface area contributed by atoms with Crippen molar-refractivity contribution in [2.45, 2.75) is 50.6 Å². The van der Waals surface area contributed by atoms with Gasteiger partial charge in [0, 0.05) is 26.3 Å². The number of rotatable bonds is 9. The van der Waals surface area contributed by atoms with Gasteiger partial charge in [-0.3, -0.25) is 4.79 Å². The third-order valence-corrected chi connectivity index (χ3v) is 4.09. The Bertz CT molecular complexity index is 286. The third-order valence-electron chi connectivity index (χ3n) is 4.09. The maximum Gasteiger partial charge on any atom is 0.323 e. The number of aliphatic carboxylic acids is 1. The van der Waals surface area contributed by atoms with Crippen LogP contribution in [-0.2, 0) is 9.53 Å². The molecule has 5 heteroatoms. The van der Waals surface area contributed by atoms with E-state index in [-0.39, 0.29) is 0 Å². The van der Waals surface area contributed by atoms with Gasteiger partial charge in [-0.2, -0.15) is 0 Å². The van der Waals surface area contributed by atoms with Crippen LogP contribution in [0.25, 0.3) is 0 Å². The summed E-state index contributed by atoms with van der Waals surface area (Å²) in [6.07, 6.45) is 4.33. The molecule has 1 aliphatic rings. The van der Waals surface area contributed by atoms with Gasteiger partial charge in [0.05, 0.1) is 0 Å². The monoisotopic (exact) mass is 272 g/mol. The van der Waals surface area contributed by atoms with Gasteiger partial charge < -0.3 is 20.1 Å². The molecule has 0 saturated heterocycles. The summed E-state index contributed by atoms with van der Waals surface area (Å²) in [7, 11) is 3.79. The first-order valence-corrected chi connectivity index (χ1v) is 7.23. The van der Waals surface area contributed by atoms with Crippen molar-refractivity contribution >= 4 is 5.97 Å². The van der Waals surface area contributed by atoms with Gasteiger partial charge in [0.25, 0.3) is 0 Å². The number of nitrogens with one attached hydrogen (secondary N) is 1. The quantitative estimate of drug-likeness (QED) is 0.620. The standard InChI is InChI=1S/C14H28N2O3/c1-4-8-15-14(13(17)18)7-6-12(11-14)16(2)9-5-10-19-3/h12,15H,4-11H2,1-3H3,(H,17,18). The molecule has 0 radical (unpaired) electrons. The Morgan fingerprint density at radius 2 is 2.32 bits per heavy atom. The topological polar surface area (TPSA) is 61.8 Å². The number of carboxylic acid groups (broad SMARTS) is 1. The van der Waals surface area contributed by atoms with Crippen molar-refractivity contribution in [2.75, 3.05) is 33.9 Å². The number of hydrogen-bond donors (Lipinski definition) is 2. The van der Waals surface area contributed by atoms with Crippen molar-refractivity contribution < 1.29 is 14.6 Å². The first-order chi connectivity index (χ1) is 9.05. The van der Waals surface area contributed by atoms with Crippen molar-refractivity contribution in [1.82, 2.24) is 10.2 Å². The summed E-state index contributed by atoms with van der Waals surface area (Å²) in [6.45, 7) is 4.55. The molecule has 0 aromatic rings. The molecule has 1 rings (SSSR count). The molecule has 1 aliphatic carbocycles. The van der Waals surface area contributed by atoms with Crippen molar-refractivity contribution in [3.05, 3.63) is 0 Å². The van der Waals surface area contributed by atoms with Gasteiger partial charge in [-0.1, -0.05) is 6.92 Å². The Morgan fingerprint density at radius 1 is 1.58 bits per heavy atom. The first-order valence-electron chi connectivity index (χ1n) is 7.23. The lowest BCUT2D eigenvalue weighted by molar-refractivity contribution is -0.144. The lowest BCUT2D eigenvalue weighted by Gasteiger charge is -2.28. The number of carbonyl (C=O) groups is 1. The Balaban J connectivity index is 2.50. The van der Waals surface area contributed by atoms with E-state index in [0.29, 0.717) is 12.5 Å². The number of methoxy groups -OCH3 is 1. The Labute approximate surface area is 116 Å². The van der Waals surface area contributed by atoms with Gasteiger partial charge in [-0.05, 0) is 45.7 Å². The second-order valence-corrected chi connectivity index (χ2v) is 5.54. The van der Waals surface area contributed by atoms with Crippen molar-refractivity contribution in [2.24, 2.45) is 0 Å². The molecule has 0 heterocycles. The summed E-state index contributed by atoms with van der Waals surface area (Å²) >= 11 is 0. The maximum absolute atomic E-state index is 11.6. The number of hydrogen-bond acceptors (Lipinski definition) is 4. The molecule has 2 atom stereocenters. The molecule has 0 aromatic heterocycles. The molecule has 19 heavy (non-hydrogen) atoms. The van der Waals surface area contributed by atoms with Gasteiger partial charge in [0.1, 0.15) is 5.54 Å². The van der Waals surface area contributed by atoms with Crippen LogP contribution >= 0.6 is 0 Å². The SMILES string of the molecule is CCCNC1(C(=O)O)CCC(N(C)CCCOC)C1. The smallest absolute Gasteiger partial charge is 0.323 e. The second kappa shape index (κ2) is 7.82. The zero-order valence-electron chi connectivity index (χ0n) is 12.4. The molecule has 5 nitrogen and oxygen atoms in total. The largest absolute Gasteiger partial charge is 0.480 e. The van der Waals surface area contributed by atoms with E-state index in [4.69, 9.17) is 4.74 Å². The van der Waals surface area contributed by atoms with Crippen LogP contribution in [0.2, 0.25) is 0 Å². The van der Waals surface area contributed by atoms with Gasteiger partial charge in [-0.15, -0.1) is 0 Å².